The van der Waals surface area contributed by atoms with Gasteiger partial charge in [-0.05, 0) is 56.2 Å². The first-order chi connectivity index (χ1) is 12.9. The summed E-state index contributed by atoms with van der Waals surface area (Å²) >= 11 is 7.23. The number of carbonyl (C=O) groups excluding carboxylic acids is 2. The summed E-state index contributed by atoms with van der Waals surface area (Å²) in [5.74, 6) is 0.750. The zero-order valence-electron chi connectivity index (χ0n) is 14.8. The lowest BCUT2D eigenvalue weighted by Crippen LogP contribution is -2.34. The number of hydrogen-bond acceptors (Lipinski definition) is 3. The number of hydrogen-bond donors (Lipinski definition) is 0. The number of nitrogens with zero attached hydrogens (tertiary/aromatic N) is 1. The highest BCUT2D eigenvalue weighted by atomic mass is 79.9. The first-order valence-corrected chi connectivity index (χ1v) is 10.8. The van der Waals surface area contributed by atoms with Crippen molar-refractivity contribution in [2.24, 2.45) is 11.8 Å². The second-order valence-corrected chi connectivity index (χ2v) is 9.49. The summed E-state index contributed by atoms with van der Waals surface area (Å²) in [6, 6.07) is 14.9. The van der Waals surface area contributed by atoms with E-state index in [1.165, 1.54) is 10.5 Å². The third-order valence-electron chi connectivity index (χ3n) is 5.26. The van der Waals surface area contributed by atoms with Crippen LogP contribution < -0.4 is 9.64 Å². The number of amides is 2. The quantitative estimate of drug-likeness (QED) is 0.436. The minimum atomic E-state index is -0.237. The standard InChI is InChI=1S/C21H19Br2NO3/c1-12-2-6-14(7-3-12)27-15-8-4-13(5-9-15)24-20(25)16-10-18(22)19(23)11-17(16)21(24)26/h2-9,16-19H,10-11H2,1H3/t16-,17-,18-,19+/m1/s1. The van der Waals surface area contributed by atoms with Gasteiger partial charge in [-0.15, -0.1) is 0 Å². The second-order valence-electron chi connectivity index (χ2n) is 7.14. The van der Waals surface area contributed by atoms with Gasteiger partial charge in [0.25, 0.3) is 0 Å². The molecule has 27 heavy (non-hydrogen) atoms. The Labute approximate surface area is 175 Å². The molecule has 1 aliphatic carbocycles. The molecule has 6 heteroatoms. The van der Waals surface area contributed by atoms with Gasteiger partial charge in [0.1, 0.15) is 11.5 Å². The Morgan fingerprint density at radius 2 is 1.26 bits per heavy atom. The Bertz CT molecular complexity index is 838. The summed E-state index contributed by atoms with van der Waals surface area (Å²) in [5.41, 5.74) is 1.77. The van der Waals surface area contributed by atoms with Gasteiger partial charge < -0.3 is 4.74 Å². The van der Waals surface area contributed by atoms with Gasteiger partial charge in [0.2, 0.25) is 11.8 Å². The smallest absolute Gasteiger partial charge is 0.237 e. The van der Waals surface area contributed by atoms with E-state index in [1.54, 1.807) is 24.3 Å². The molecule has 4 nitrogen and oxygen atoms in total. The molecule has 0 N–H and O–H groups in total. The molecule has 1 saturated carbocycles. The molecule has 2 fully saturated rings. The summed E-state index contributed by atoms with van der Waals surface area (Å²) < 4.78 is 5.83. The topological polar surface area (TPSA) is 46.6 Å². The molecule has 4 rings (SSSR count). The number of halogens is 2. The fourth-order valence-corrected chi connectivity index (χ4v) is 4.99. The Morgan fingerprint density at radius 1 is 0.815 bits per heavy atom. The first kappa shape index (κ1) is 18.7. The monoisotopic (exact) mass is 491 g/mol. The van der Waals surface area contributed by atoms with Gasteiger partial charge in [0.05, 0.1) is 17.5 Å². The highest BCUT2D eigenvalue weighted by molar-refractivity contribution is 9.12. The van der Waals surface area contributed by atoms with Crippen LogP contribution in [-0.4, -0.2) is 21.5 Å². The van der Waals surface area contributed by atoms with Crippen LogP contribution in [0.1, 0.15) is 18.4 Å². The SMILES string of the molecule is Cc1ccc(Oc2ccc(N3C(=O)[C@@H]4C[C@@H](Br)[C@@H](Br)C[C@H]4C3=O)cc2)cc1. The largest absolute Gasteiger partial charge is 0.457 e. The zero-order chi connectivity index (χ0) is 19.1. The van der Waals surface area contributed by atoms with Crippen molar-refractivity contribution in [3.63, 3.8) is 0 Å². The van der Waals surface area contributed by atoms with Gasteiger partial charge >= 0.3 is 0 Å². The minimum absolute atomic E-state index is 0.0962. The van der Waals surface area contributed by atoms with Gasteiger partial charge in [0.15, 0.2) is 0 Å². The van der Waals surface area contributed by atoms with E-state index in [2.05, 4.69) is 31.9 Å². The molecular weight excluding hydrogens is 474 g/mol. The van der Waals surface area contributed by atoms with Crippen LogP contribution in [0.5, 0.6) is 11.5 Å². The molecule has 4 atom stereocenters. The summed E-state index contributed by atoms with van der Waals surface area (Å²) in [6.07, 6.45) is 1.35. The molecule has 2 amide bonds. The maximum atomic E-state index is 12.8. The molecular formula is C21H19Br2NO3. The summed E-state index contributed by atoms with van der Waals surface area (Å²) in [7, 11) is 0. The molecule has 1 heterocycles. The molecule has 0 aromatic heterocycles. The van der Waals surface area contributed by atoms with Crippen molar-refractivity contribution in [3.8, 4) is 11.5 Å². The number of benzene rings is 2. The first-order valence-electron chi connectivity index (χ1n) is 8.94. The molecule has 0 radical (unpaired) electrons. The van der Waals surface area contributed by atoms with Gasteiger partial charge in [-0.1, -0.05) is 49.6 Å². The third kappa shape index (κ3) is 3.57. The lowest BCUT2D eigenvalue weighted by atomic mass is 9.81. The molecule has 1 aliphatic heterocycles. The number of rotatable bonds is 3. The summed E-state index contributed by atoms with van der Waals surface area (Å²) in [5, 5.41) is 0. The zero-order valence-corrected chi connectivity index (χ0v) is 17.9. The number of aryl methyl sites for hydroxylation is 1. The van der Waals surface area contributed by atoms with Crippen molar-refractivity contribution >= 4 is 49.4 Å². The van der Waals surface area contributed by atoms with Gasteiger partial charge in [0, 0.05) is 9.65 Å². The fourth-order valence-electron chi connectivity index (χ4n) is 3.76. The van der Waals surface area contributed by atoms with Gasteiger partial charge in [-0.2, -0.15) is 0 Å². The molecule has 2 aromatic rings. The Kier molecular flexibility index (Phi) is 5.12. The normalized spacial score (nSPS) is 27.6. The van der Waals surface area contributed by atoms with Crippen LogP contribution in [0.25, 0.3) is 0 Å². The van der Waals surface area contributed by atoms with Crippen LogP contribution in [0.2, 0.25) is 0 Å². The molecule has 2 aliphatic rings. The molecule has 1 saturated heterocycles. The molecule has 140 valence electrons. The van der Waals surface area contributed by atoms with E-state index in [9.17, 15) is 9.59 Å². The average molecular weight is 493 g/mol. The van der Waals surface area contributed by atoms with Crippen molar-refractivity contribution < 1.29 is 14.3 Å². The van der Waals surface area contributed by atoms with Crippen LogP contribution in [-0.2, 0) is 9.59 Å². The number of carbonyl (C=O) groups is 2. The van der Waals surface area contributed by atoms with Gasteiger partial charge in [-0.25, -0.2) is 0 Å². The maximum Gasteiger partial charge on any atom is 0.237 e. The Morgan fingerprint density at radius 3 is 1.74 bits per heavy atom. The minimum Gasteiger partial charge on any atom is -0.457 e. The van der Waals surface area contributed by atoms with Crippen LogP contribution in [0.4, 0.5) is 5.69 Å². The van der Waals surface area contributed by atoms with Crippen molar-refractivity contribution in [1.82, 2.24) is 0 Å². The number of alkyl halides is 2. The Hall–Kier alpha value is -1.66. The molecule has 0 unspecified atom stereocenters. The number of fused-ring (bicyclic) bond motifs is 1. The van der Waals surface area contributed by atoms with E-state index >= 15 is 0 Å². The lowest BCUT2D eigenvalue weighted by molar-refractivity contribution is -0.122. The van der Waals surface area contributed by atoms with Crippen molar-refractivity contribution in [2.45, 2.75) is 29.4 Å². The fraction of sp³-hybridized carbons (Fsp3) is 0.333. The van der Waals surface area contributed by atoms with E-state index in [0.717, 1.165) is 5.75 Å². The number of ether oxygens (including phenoxy) is 1. The van der Waals surface area contributed by atoms with Crippen LogP contribution in [0.15, 0.2) is 48.5 Å². The van der Waals surface area contributed by atoms with E-state index in [4.69, 9.17) is 4.74 Å². The number of imide groups is 1. The molecule has 2 aromatic carbocycles. The van der Waals surface area contributed by atoms with Crippen molar-refractivity contribution in [1.29, 1.82) is 0 Å². The van der Waals surface area contributed by atoms with E-state index in [0.29, 0.717) is 24.3 Å². The van der Waals surface area contributed by atoms with E-state index in [1.807, 2.05) is 31.2 Å². The number of anilines is 1. The van der Waals surface area contributed by atoms with Crippen molar-refractivity contribution in [2.75, 3.05) is 4.90 Å². The average Bonchev–Trinajstić information content (AvgIpc) is 2.89. The third-order valence-corrected chi connectivity index (χ3v) is 8.00. The van der Waals surface area contributed by atoms with Crippen LogP contribution >= 0.6 is 31.9 Å². The lowest BCUT2D eigenvalue weighted by Gasteiger charge is -2.29. The predicted molar refractivity (Wildman–Crippen MR) is 112 cm³/mol. The van der Waals surface area contributed by atoms with Gasteiger partial charge in [-0.3, -0.25) is 14.5 Å². The van der Waals surface area contributed by atoms with Crippen LogP contribution in [0, 0.1) is 18.8 Å². The highest BCUT2D eigenvalue weighted by Gasteiger charge is 2.52. The van der Waals surface area contributed by atoms with E-state index < -0.39 is 0 Å². The molecule has 0 spiro atoms. The molecule has 0 bridgehead atoms. The summed E-state index contributed by atoms with van der Waals surface area (Å²) in [4.78, 5) is 27.5. The predicted octanol–water partition coefficient (Wildman–Crippen LogP) is 5.21. The maximum absolute atomic E-state index is 12.8. The van der Waals surface area contributed by atoms with Crippen molar-refractivity contribution in [3.05, 3.63) is 54.1 Å². The second kappa shape index (κ2) is 7.40. The van der Waals surface area contributed by atoms with Crippen LogP contribution in [0.3, 0.4) is 0 Å². The van der Waals surface area contributed by atoms with E-state index in [-0.39, 0.29) is 33.3 Å². The summed E-state index contributed by atoms with van der Waals surface area (Å²) in [6.45, 7) is 2.02. The Balaban J connectivity index is 1.52. The highest BCUT2D eigenvalue weighted by Crippen LogP contribution is 2.44.